The molecule has 1 amide bonds. The van der Waals surface area contributed by atoms with E-state index in [9.17, 15) is 14.4 Å². The number of piperazine rings is 1. The van der Waals surface area contributed by atoms with E-state index < -0.39 is 5.82 Å². The van der Waals surface area contributed by atoms with Gasteiger partial charge in [0.05, 0.1) is 30.7 Å². The Morgan fingerprint density at radius 2 is 2.09 bits per heavy atom. The molecule has 0 N–H and O–H groups in total. The van der Waals surface area contributed by atoms with Crippen LogP contribution in [0, 0.1) is 24.1 Å². The summed E-state index contributed by atoms with van der Waals surface area (Å²) in [5.74, 6) is -0.171. The molecule has 0 saturated carbocycles. The monoisotopic (exact) mass is 463 g/mol. The lowest BCUT2D eigenvalue weighted by molar-refractivity contribution is -0.139. The molecular weight excluding hydrogens is 441 g/mol. The first-order chi connectivity index (χ1) is 16.5. The Balaban J connectivity index is 1.19. The van der Waals surface area contributed by atoms with Crippen molar-refractivity contribution in [2.45, 2.75) is 25.5 Å². The second-order valence-corrected chi connectivity index (χ2v) is 8.38. The summed E-state index contributed by atoms with van der Waals surface area (Å²) in [6, 6.07) is 5.05. The molecule has 0 unspecified atom stereocenters. The van der Waals surface area contributed by atoms with Gasteiger partial charge >= 0.3 is 0 Å². The number of nitriles is 1. The van der Waals surface area contributed by atoms with E-state index in [1.807, 2.05) is 11.0 Å². The van der Waals surface area contributed by atoms with E-state index in [4.69, 9.17) is 4.74 Å². The smallest absolute Gasteiger partial charge is 0.253 e. The SMILES string of the molecule is Cc1c([C@H]2CN3CCN(C(=O)Cc4cnc(-n5cnnn5)nc4)C[C@H]3CO2)ccc(F)c1C#N. The number of ether oxygens (including phenoxy) is 1. The van der Waals surface area contributed by atoms with Gasteiger partial charge < -0.3 is 9.64 Å². The Morgan fingerprint density at radius 3 is 2.82 bits per heavy atom. The number of benzene rings is 1. The lowest BCUT2D eigenvalue weighted by Crippen LogP contribution is -2.59. The van der Waals surface area contributed by atoms with Crippen LogP contribution in [-0.4, -0.2) is 84.7 Å². The second-order valence-electron chi connectivity index (χ2n) is 8.38. The summed E-state index contributed by atoms with van der Waals surface area (Å²) in [5, 5.41) is 20.1. The minimum atomic E-state index is -0.514. The predicted molar refractivity (Wildman–Crippen MR) is 115 cm³/mol. The number of halogens is 1. The molecule has 0 spiro atoms. The molecule has 2 aromatic heterocycles. The molecule has 2 atom stereocenters. The maximum Gasteiger partial charge on any atom is 0.253 e. The zero-order valence-corrected chi connectivity index (χ0v) is 18.5. The van der Waals surface area contributed by atoms with Gasteiger partial charge in [0.25, 0.3) is 5.95 Å². The fourth-order valence-electron chi connectivity index (χ4n) is 4.48. The summed E-state index contributed by atoms with van der Waals surface area (Å²) in [6.07, 6.45) is 4.58. The van der Waals surface area contributed by atoms with Gasteiger partial charge in [-0.3, -0.25) is 9.69 Å². The molecule has 0 radical (unpaired) electrons. The van der Waals surface area contributed by atoms with Crippen LogP contribution in [0.1, 0.15) is 28.4 Å². The number of amides is 1. The number of hydrogen-bond donors (Lipinski definition) is 0. The molecule has 5 rings (SSSR count). The highest BCUT2D eigenvalue weighted by molar-refractivity contribution is 5.78. The summed E-state index contributed by atoms with van der Waals surface area (Å²) < 4.78 is 21.3. The maximum atomic E-state index is 13.9. The standard InChI is InChI=1S/C22H22FN9O2/c1-14-17(2-3-19(23)18(14)7-24)20-11-30-4-5-31(10-16(30)12-34-20)21(33)6-15-8-25-22(26-9-15)32-13-27-28-29-32/h2-3,8-9,13,16,20H,4-6,10-12H2,1H3/t16-,20+/m0/s1. The number of carbonyl (C=O) groups is 1. The van der Waals surface area contributed by atoms with Gasteiger partial charge in [-0.15, -0.1) is 5.10 Å². The molecule has 12 heteroatoms. The van der Waals surface area contributed by atoms with Crippen molar-refractivity contribution in [3.8, 4) is 12.0 Å². The Morgan fingerprint density at radius 1 is 1.26 bits per heavy atom. The first-order valence-corrected chi connectivity index (χ1v) is 10.9. The van der Waals surface area contributed by atoms with E-state index in [1.54, 1.807) is 25.4 Å². The lowest BCUT2D eigenvalue weighted by Gasteiger charge is -2.46. The van der Waals surface area contributed by atoms with Gasteiger partial charge in [0.2, 0.25) is 5.91 Å². The zero-order chi connectivity index (χ0) is 23.7. The number of tetrazole rings is 1. The van der Waals surface area contributed by atoms with Crippen molar-refractivity contribution in [3.05, 3.63) is 58.9 Å². The molecule has 34 heavy (non-hydrogen) atoms. The average Bonchev–Trinajstić information content (AvgIpc) is 3.39. The van der Waals surface area contributed by atoms with Crippen LogP contribution in [0.5, 0.6) is 0 Å². The Labute approximate surface area is 194 Å². The van der Waals surface area contributed by atoms with Crippen molar-refractivity contribution >= 4 is 5.91 Å². The van der Waals surface area contributed by atoms with E-state index in [-0.39, 0.29) is 30.0 Å². The number of morpholine rings is 1. The summed E-state index contributed by atoms with van der Waals surface area (Å²) in [7, 11) is 0. The van der Waals surface area contributed by atoms with E-state index >= 15 is 0 Å². The number of hydrogen-bond acceptors (Lipinski definition) is 9. The van der Waals surface area contributed by atoms with Crippen LogP contribution in [0.3, 0.4) is 0 Å². The molecule has 2 saturated heterocycles. The second kappa shape index (κ2) is 9.20. The number of nitrogens with zero attached hydrogens (tertiary/aromatic N) is 9. The van der Waals surface area contributed by atoms with E-state index in [0.717, 1.165) is 12.1 Å². The van der Waals surface area contributed by atoms with Crippen molar-refractivity contribution in [1.29, 1.82) is 5.26 Å². The van der Waals surface area contributed by atoms with Crippen LogP contribution in [-0.2, 0) is 16.0 Å². The first kappa shape index (κ1) is 22.0. The number of fused-ring (bicyclic) bond motifs is 1. The molecule has 0 aliphatic carbocycles. The van der Waals surface area contributed by atoms with Gasteiger partial charge in [-0.05, 0) is 40.1 Å². The third kappa shape index (κ3) is 4.23. The van der Waals surface area contributed by atoms with Gasteiger partial charge in [0.1, 0.15) is 18.2 Å². The largest absolute Gasteiger partial charge is 0.370 e. The van der Waals surface area contributed by atoms with E-state index in [1.165, 1.54) is 17.1 Å². The molecule has 2 aliphatic heterocycles. The summed E-state index contributed by atoms with van der Waals surface area (Å²) in [5.41, 5.74) is 2.23. The number of aromatic nitrogens is 6. The fourth-order valence-corrected chi connectivity index (χ4v) is 4.48. The minimum absolute atomic E-state index is 0.00795. The normalized spacial score (nSPS) is 20.6. The third-order valence-electron chi connectivity index (χ3n) is 6.36. The highest BCUT2D eigenvalue weighted by Gasteiger charge is 2.36. The van der Waals surface area contributed by atoms with Gasteiger partial charge in [-0.2, -0.15) is 9.94 Å². The molecule has 0 bridgehead atoms. The lowest BCUT2D eigenvalue weighted by atomic mass is 9.96. The highest BCUT2D eigenvalue weighted by Crippen LogP contribution is 2.31. The Bertz CT molecular complexity index is 1230. The predicted octanol–water partition coefficient (Wildman–Crippen LogP) is 0.598. The van der Waals surface area contributed by atoms with Gasteiger partial charge in [0.15, 0.2) is 0 Å². The van der Waals surface area contributed by atoms with Crippen molar-refractivity contribution in [3.63, 3.8) is 0 Å². The van der Waals surface area contributed by atoms with Crippen LogP contribution >= 0.6 is 0 Å². The summed E-state index contributed by atoms with van der Waals surface area (Å²) in [6.45, 7) is 4.74. The molecule has 11 nitrogen and oxygen atoms in total. The topological polar surface area (TPSA) is 126 Å². The van der Waals surface area contributed by atoms with Crippen LogP contribution in [0.2, 0.25) is 0 Å². The summed E-state index contributed by atoms with van der Waals surface area (Å²) in [4.78, 5) is 25.5. The molecule has 3 aromatic rings. The fraction of sp³-hybridized carbons (Fsp3) is 0.409. The highest BCUT2D eigenvalue weighted by atomic mass is 19.1. The van der Waals surface area contributed by atoms with Crippen LogP contribution < -0.4 is 0 Å². The Kier molecular flexibility index (Phi) is 5.95. The molecule has 4 heterocycles. The quantitative estimate of drug-likeness (QED) is 0.547. The van der Waals surface area contributed by atoms with E-state index in [2.05, 4.69) is 30.4 Å². The van der Waals surface area contributed by atoms with Crippen molar-refractivity contribution in [2.24, 2.45) is 0 Å². The zero-order valence-electron chi connectivity index (χ0n) is 18.5. The van der Waals surface area contributed by atoms with Crippen molar-refractivity contribution in [2.75, 3.05) is 32.8 Å². The van der Waals surface area contributed by atoms with Crippen molar-refractivity contribution in [1.82, 2.24) is 40.0 Å². The maximum absolute atomic E-state index is 13.9. The van der Waals surface area contributed by atoms with E-state index in [0.29, 0.717) is 43.3 Å². The van der Waals surface area contributed by atoms with Gasteiger partial charge in [0, 0.05) is 38.6 Å². The molecular formula is C22H22FN9O2. The number of rotatable bonds is 4. The van der Waals surface area contributed by atoms with Gasteiger partial charge in [-0.1, -0.05) is 6.07 Å². The number of carbonyl (C=O) groups excluding carboxylic acids is 1. The average molecular weight is 463 g/mol. The van der Waals surface area contributed by atoms with Crippen LogP contribution in [0.25, 0.3) is 5.95 Å². The molecule has 1 aromatic carbocycles. The minimum Gasteiger partial charge on any atom is -0.370 e. The first-order valence-electron chi connectivity index (χ1n) is 10.9. The summed E-state index contributed by atoms with van der Waals surface area (Å²) >= 11 is 0. The Hall–Kier alpha value is -3.82. The van der Waals surface area contributed by atoms with Gasteiger partial charge in [-0.25, -0.2) is 14.4 Å². The van der Waals surface area contributed by atoms with Crippen LogP contribution in [0.15, 0.2) is 30.9 Å². The van der Waals surface area contributed by atoms with Crippen LogP contribution in [0.4, 0.5) is 4.39 Å². The third-order valence-corrected chi connectivity index (χ3v) is 6.36. The molecule has 2 aliphatic rings. The molecule has 174 valence electrons. The van der Waals surface area contributed by atoms with Crippen molar-refractivity contribution < 1.29 is 13.9 Å². The molecule has 2 fully saturated rings.